The molecule has 10 heteroatoms. The Morgan fingerprint density at radius 3 is 2.62 bits per heavy atom. The molecule has 0 saturated carbocycles. The van der Waals surface area contributed by atoms with Gasteiger partial charge in [0.1, 0.15) is 17.4 Å². The number of thiazole rings is 1. The van der Waals surface area contributed by atoms with E-state index in [1.54, 1.807) is 23.3 Å². The quantitative estimate of drug-likeness (QED) is 0.430. The third kappa shape index (κ3) is 4.09. The number of benzene rings is 2. The highest BCUT2D eigenvalue weighted by Gasteiger charge is 2.25. The van der Waals surface area contributed by atoms with Gasteiger partial charge in [0.25, 0.3) is 5.91 Å². The lowest BCUT2D eigenvalue weighted by molar-refractivity contribution is 0.0761. The number of carbonyl (C=O) groups excluding carboxylic acids is 1. The Labute approximate surface area is 199 Å². The van der Waals surface area contributed by atoms with Crippen LogP contribution >= 0.6 is 11.3 Å². The van der Waals surface area contributed by atoms with Gasteiger partial charge >= 0.3 is 0 Å². The molecule has 5 rings (SSSR count). The summed E-state index contributed by atoms with van der Waals surface area (Å²) in [5, 5.41) is 5.50. The molecule has 7 nitrogen and oxygen atoms in total. The molecule has 0 unspecified atom stereocenters. The summed E-state index contributed by atoms with van der Waals surface area (Å²) in [5.41, 5.74) is 2.33. The number of rotatable bonds is 4. The Balaban J connectivity index is 1.37. The van der Waals surface area contributed by atoms with Crippen molar-refractivity contribution in [3.8, 4) is 11.4 Å². The highest BCUT2D eigenvalue weighted by molar-refractivity contribution is 7.22. The van der Waals surface area contributed by atoms with Crippen LogP contribution in [0.2, 0.25) is 0 Å². The van der Waals surface area contributed by atoms with Gasteiger partial charge in [-0.05, 0) is 55.8 Å². The number of hydrogen-bond donors (Lipinski definition) is 0. The second kappa shape index (κ2) is 9.02. The van der Waals surface area contributed by atoms with E-state index in [0.717, 1.165) is 50.8 Å². The fraction of sp³-hybridized carbons (Fsp3) is 0.292. The third-order valence-electron chi connectivity index (χ3n) is 5.91. The number of anilines is 1. The summed E-state index contributed by atoms with van der Waals surface area (Å²) in [7, 11) is 1.63. The number of carbonyl (C=O) groups is 1. The number of amides is 1. The van der Waals surface area contributed by atoms with E-state index in [0.29, 0.717) is 32.6 Å². The van der Waals surface area contributed by atoms with E-state index >= 15 is 0 Å². The molecule has 2 aromatic carbocycles. The first-order valence-electron chi connectivity index (χ1n) is 10.9. The van der Waals surface area contributed by atoms with Crippen molar-refractivity contribution in [2.24, 2.45) is 0 Å². The first kappa shape index (κ1) is 22.3. The summed E-state index contributed by atoms with van der Waals surface area (Å²) in [6.45, 7) is 4.08. The fourth-order valence-corrected chi connectivity index (χ4v) is 5.14. The van der Waals surface area contributed by atoms with E-state index in [-0.39, 0.29) is 5.56 Å². The molecular formula is C24H23F2N5O2S. The highest BCUT2D eigenvalue weighted by Crippen LogP contribution is 2.33. The van der Waals surface area contributed by atoms with Crippen LogP contribution < -0.4 is 9.64 Å². The predicted octanol–water partition coefficient (Wildman–Crippen LogP) is 4.43. The molecule has 0 N–H and O–H groups in total. The monoisotopic (exact) mass is 483 g/mol. The molecule has 1 amide bonds. The molecule has 0 bridgehead atoms. The minimum absolute atomic E-state index is 0.233. The van der Waals surface area contributed by atoms with Gasteiger partial charge in [0.15, 0.2) is 10.8 Å². The van der Waals surface area contributed by atoms with Gasteiger partial charge in [-0.25, -0.2) is 13.5 Å². The van der Waals surface area contributed by atoms with Crippen molar-refractivity contribution in [1.29, 1.82) is 0 Å². The van der Waals surface area contributed by atoms with Gasteiger partial charge in [-0.2, -0.15) is 10.1 Å². The largest absolute Gasteiger partial charge is 0.497 e. The second-order valence-electron chi connectivity index (χ2n) is 8.10. The maximum atomic E-state index is 14.1. The number of halogens is 2. The van der Waals surface area contributed by atoms with Crippen LogP contribution in [0.1, 0.15) is 22.5 Å². The molecule has 4 aromatic rings. The third-order valence-corrected chi connectivity index (χ3v) is 7.12. The molecule has 1 aliphatic heterocycles. The first-order chi connectivity index (χ1) is 16.4. The Morgan fingerprint density at radius 2 is 1.85 bits per heavy atom. The number of ether oxygens (including phenoxy) is 1. The van der Waals surface area contributed by atoms with Gasteiger partial charge in [0.2, 0.25) is 0 Å². The maximum absolute atomic E-state index is 14.1. The van der Waals surface area contributed by atoms with Crippen LogP contribution in [0.5, 0.6) is 5.75 Å². The van der Waals surface area contributed by atoms with Crippen molar-refractivity contribution in [2.45, 2.75) is 13.3 Å². The van der Waals surface area contributed by atoms with Crippen LogP contribution in [0.15, 0.2) is 42.5 Å². The first-order valence-corrected chi connectivity index (χ1v) is 11.8. The Bertz CT molecular complexity index is 1350. The van der Waals surface area contributed by atoms with Crippen molar-refractivity contribution >= 4 is 32.7 Å². The lowest BCUT2D eigenvalue weighted by Crippen LogP contribution is -2.35. The Hall–Kier alpha value is -3.53. The van der Waals surface area contributed by atoms with Crippen molar-refractivity contribution in [1.82, 2.24) is 19.7 Å². The molecule has 0 radical (unpaired) electrons. The number of aryl methyl sites for hydroxylation is 1. The molecule has 176 valence electrons. The zero-order valence-corrected chi connectivity index (χ0v) is 19.6. The van der Waals surface area contributed by atoms with Gasteiger partial charge in [-0.3, -0.25) is 4.79 Å². The molecule has 2 aromatic heterocycles. The number of nitrogens with zero attached hydrogens (tertiary/aromatic N) is 5. The van der Waals surface area contributed by atoms with Gasteiger partial charge in [0, 0.05) is 26.2 Å². The van der Waals surface area contributed by atoms with Crippen LogP contribution in [-0.2, 0) is 0 Å². The van der Waals surface area contributed by atoms with Crippen LogP contribution in [0.3, 0.4) is 0 Å². The Kier molecular flexibility index (Phi) is 5.91. The minimum atomic E-state index is -0.711. The van der Waals surface area contributed by atoms with Crippen molar-refractivity contribution in [3.63, 3.8) is 0 Å². The molecular weight excluding hydrogens is 460 g/mol. The summed E-state index contributed by atoms with van der Waals surface area (Å²) in [6, 6.07) is 10.6. The van der Waals surface area contributed by atoms with Gasteiger partial charge in [-0.15, -0.1) is 0 Å². The zero-order chi connectivity index (χ0) is 23.8. The Morgan fingerprint density at radius 1 is 1.06 bits per heavy atom. The SMILES string of the molecule is COc1ccc(-n2nc(C)c3sc(N4CCCN(C(=O)c5cc(F)ccc5F)CC4)nc32)cc1. The normalized spacial score (nSPS) is 14.5. The molecule has 0 aliphatic carbocycles. The number of methoxy groups -OCH3 is 1. The van der Waals surface area contributed by atoms with Gasteiger partial charge < -0.3 is 14.5 Å². The topological polar surface area (TPSA) is 63.5 Å². The van der Waals surface area contributed by atoms with Crippen molar-refractivity contribution in [3.05, 3.63) is 65.4 Å². The van der Waals surface area contributed by atoms with Crippen molar-refractivity contribution < 1.29 is 18.3 Å². The molecule has 3 heterocycles. The standard InChI is InChI=1S/C24H23F2N5O2S/c1-15-21-22(31(28-15)17-5-7-18(33-2)8-6-17)27-24(34-21)30-11-3-10-29(12-13-30)23(32)19-14-16(25)4-9-20(19)26/h4-9,14H,3,10-13H2,1-2H3. The summed E-state index contributed by atoms with van der Waals surface area (Å²) >= 11 is 1.57. The lowest BCUT2D eigenvalue weighted by Gasteiger charge is -2.22. The number of aromatic nitrogens is 3. The van der Waals surface area contributed by atoms with E-state index < -0.39 is 17.5 Å². The van der Waals surface area contributed by atoms with Gasteiger partial charge in [-0.1, -0.05) is 11.3 Å². The smallest absolute Gasteiger partial charge is 0.256 e. The number of fused-ring (bicyclic) bond motifs is 1. The van der Waals surface area contributed by atoms with E-state index in [9.17, 15) is 13.6 Å². The van der Waals surface area contributed by atoms with Crippen LogP contribution in [0, 0.1) is 18.6 Å². The second-order valence-corrected chi connectivity index (χ2v) is 9.08. The molecule has 1 saturated heterocycles. The van der Waals surface area contributed by atoms with Crippen LogP contribution in [-0.4, -0.2) is 58.9 Å². The van der Waals surface area contributed by atoms with Crippen LogP contribution in [0.25, 0.3) is 16.0 Å². The fourth-order valence-electron chi connectivity index (χ4n) is 4.11. The summed E-state index contributed by atoms with van der Waals surface area (Å²) in [4.78, 5) is 21.4. The molecule has 1 fully saturated rings. The molecule has 0 spiro atoms. The number of hydrogen-bond acceptors (Lipinski definition) is 6. The van der Waals surface area contributed by atoms with Crippen LogP contribution in [0.4, 0.5) is 13.9 Å². The highest BCUT2D eigenvalue weighted by atomic mass is 32.1. The average molecular weight is 484 g/mol. The zero-order valence-electron chi connectivity index (χ0n) is 18.8. The van der Waals surface area contributed by atoms with E-state index in [4.69, 9.17) is 9.72 Å². The molecule has 0 atom stereocenters. The lowest BCUT2D eigenvalue weighted by atomic mass is 10.1. The maximum Gasteiger partial charge on any atom is 0.256 e. The summed E-state index contributed by atoms with van der Waals surface area (Å²) < 4.78 is 35.7. The summed E-state index contributed by atoms with van der Waals surface area (Å²) in [5.74, 6) is -1.06. The van der Waals surface area contributed by atoms with E-state index in [1.807, 2.05) is 35.9 Å². The summed E-state index contributed by atoms with van der Waals surface area (Å²) in [6.07, 6.45) is 0.697. The van der Waals surface area contributed by atoms with E-state index in [2.05, 4.69) is 10.00 Å². The molecule has 34 heavy (non-hydrogen) atoms. The predicted molar refractivity (Wildman–Crippen MR) is 127 cm³/mol. The van der Waals surface area contributed by atoms with Crippen molar-refractivity contribution in [2.75, 3.05) is 38.2 Å². The molecule has 1 aliphatic rings. The average Bonchev–Trinajstić information content (AvgIpc) is 3.31. The minimum Gasteiger partial charge on any atom is -0.497 e. The van der Waals surface area contributed by atoms with Gasteiger partial charge in [0.05, 0.1) is 28.8 Å². The van der Waals surface area contributed by atoms with E-state index in [1.165, 1.54) is 0 Å².